The lowest BCUT2D eigenvalue weighted by Gasteiger charge is -2.22. The lowest BCUT2D eigenvalue weighted by Crippen LogP contribution is -2.47. The summed E-state index contributed by atoms with van der Waals surface area (Å²) in [6.45, 7) is 1.51. The molecule has 0 radical (unpaired) electrons. The minimum absolute atomic E-state index is 0.170. The summed E-state index contributed by atoms with van der Waals surface area (Å²) >= 11 is 3.01. The summed E-state index contributed by atoms with van der Waals surface area (Å²) in [4.78, 5) is 21.9. The second-order valence-corrected chi connectivity index (χ2v) is 5.75. The van der Waals surface area contributed by atoms with E-state index in [0.29, 0.717) is 0 Å². The maximum atomic E-state index is 11.9. The molecule has 1 saturated carbocycles. The van der Waals surface area contributed by atoms with Gasteiger partial charge in [0, 0.05) is 0 Å². The van der Waals surface area contributed by atoms with Crippen LogP contribution in [0.2, 0.25) is 0 Å². The quantitative estimate of drug-likeness (QED) is 0.641. The van der Waals surface area contributed by atoms with Crippen LogP contribution in [0, 0.1) is 27.4 Å². The molecule has 1 aliphatic rings. The van der Waals surface area contributed by atoms with Crippen molar-refractivity contribution in [3.63, 3.8) is 0 Å². The van der Waals surface area contributed by atoms with E-state index in [1.807, 2.05) is 0 Å². The van der Waals surface area contributed by atoms with Crippen molar-refractivity contribution in [3.05, 3.63) is 20.8 Å². The van der Waals surface area contributed by atoms with Crippen molar-refractivity contribution in [1.29, 1.82) is 5.26 Å². The van der Waals surface area contributed by atoms with E-state index in [1.165, 1.54) is 10.9 Å². The number of carbonyl (C=O) groups excluding carboxylic acids is 1. The predicted molar refractivity (Wildman–Crippen MR) is 71.5 cm³/mol. The van der Waals surface area contributed by atoms with Crippen molar-refractivity contribution >= 4 is 27.7 Å². The zero-order valence-corrected chi connectivity index (χ0v) is 12.3. The van der Waals surface area contributed by atoms with Crippen molar-refractivity contribution in [2.75, 3.05) is 0 Å². The highest BCUT2D eigenvalue weighted by molar-refractivity contribution is 9.10. The van der Waals surface area contributed by atoms with Crippen LogP contribution in [0.5, 0.6) is 0 Å². The summed E-state index contributed by atoms with van der Waals surface area (Å²) in [5.74, 6) is -0.566. The Bertz CT molecular complexity index is 604. The normalized spacial score (nSPS) is 17.1. The average molecular weight is 342 g/mol. The Kier molecular flexibility index (Phi) is 3.76. The van der Waals surface area contributed by atoms with E-state index in [0.717, 1.165) is 12.8 Å². The van der Waals surface area contributed by atoms with Crippen LogP contribution in [0.3, 0.4) is 0 Å². The van der Waals surface area contributed by atoms with Crippen molar-refractivity contribution < 1.29 is 9.72 Å². The summed E-state index contributed by atoms with van der Waals surface area (Å²) < 4.78 is 1.38. The van der Waals surface area contributed by atoms with Crippen LogP contribution >= 0.6 is 15.9 Å². The van der Waals surface area contributed by atoms with Crippen molar-refractivity contribution in [2.24, 2.45) is 5.92 Å². The van der Waals surface area contributed by atoms with Gasteiger partial charge < -0.3 is 15.4 Å². The molecular weight excluding hydrogens is 330 g/mol. The fourth-order valence-electron chi connectivity index (χ4n) is 1.95. The Morgan fingerprint density at radius 2 is 2.45 bits per heavy atom. The molecule has 1 unspecified atom stereocenters. The van der Waals surface area contributed by atoms with Gasteiger partial charge in [-0.2, -0.15) is 9.94 Å². The topological polar surface area (TPSA) is 114 Å². The molecule has 0 bridgehead atoms. The number of hydrogen-bond donors (Lipinski definition) is 1. The van der Waals surface area contributed by atoms with E-state index in [1.54, 1.807) is 6.92 Å². The van der Waals surface area contributed by atoms with Gasteiger partial charge in [-0.15, -0.1) is 0 Å². The van der Waals surface area contributed by atoms with Crippen molar-refractivity contribution in [2.45, 2.75) is 31.8 Å². The Hall–Kier alpha value is -1.95. The van der Waals surface area contributed by atoms with E-state index in [-0.39, 0.29) is 22.8 Å². The Labute approximate surface area is 123 Å². The lowest BCUT2D eigenvalue weighted by atomic mass is 9.98. The molecule has 1 aliphatic carbocycles. The Balaban J connectivity index is 2.03. The molecule has 1 heterocycles. The average Bonchev–Trinajstić information content (AvgIpc) is 3.14. The smallest absolute Gasteiger partial charge is 0.358 e. The number of carbonyl (C=O) groups is 1. The molecule has 0 spiro atoms. The minimum Gasteiger partial charge on any atom is -0.358 e. The maximum absolute atomic E-state index is 11.9. The Morgan fingerprint density at radius 3 is 2.90 bits per heavy atom. The SMILES string of the molecule is CC(C#N)(NC(=O)Cn1cc(Br)c([N+](=O)[O-])n1)C1CC1. The first kappa shape index (κ1) is 14.5. The van der Waals surface area contributed by atoms with Gasteiger partial charge in [0.25, 0.3) is 0 Å². The molecule has 0 saturated heterocycles. The third-order valence-corrected chi connectivity index (χ3v) is 3.76. The van der Waals surface area contributed by atoms with Gasteiger partial charge in [0.15, 0.2) is 0 Å². The van der Waals surface area contributed by atoms with E-state index in [4.69, 9.17) is 5.26 Å². The minimum atomic E-state index is -0.882. The number of amides is 1. The number of nitrogens with one attached hydrogen (secondary N) is 1. The first-order chi connectivity index (χ1) is 9.35. The number of halogens is 1. The molecule has 106 valence electrons. The van der Waals surface area contributed by atoms with Crippen LogP contribution in [-0.4, -0.2) is 26.1 Å². The van der Waals surface area contributed by atoms with Gasteiger partial charge in [-0.3, -0.25) is 4.79 Å². The summed E-state index contributed by atoms with van der Waals surface area (Å²) in [5.41, 5.74) is -0.882. The number of nitro groups is 1. The standard InChI is InChI=1S/C11H12BrN5O3/c1-11(6-13,7-2-3-7)14-9(18)5-16-4-8(12)10(15-16)17(19)20/h4,7H,2-3,5H2,1H3,(H,14,18). The zero-order chi connectivity index (χ0) is 14.9. The molecule has 8 nitrogen and oxygen atoms in total. The van der Waals surface area contributed by atoms with Crippen LogP contribution in [0.4, 0.5) is 5.82 Å². The van der Waals surface area contributed by atoms with Crippen LogP contribution in [0.1, 0.15) is 19.8 Å². The van der Waals surface area contributed by atoms with Gasteiger partial charge in [0.05, 0.1) is 17.4 Å². The van der Waals surface area contributed by atoms with Gasteiger partial charge in [0.2, 0.25) is 5.91 Å². The monoisotopic (exact) mass is 341 g/mol. The number of nitrogens with zero attached hydrogens (tertiary/aromatic N) is 4. The summed E-state index contributed by atoms with van der Waals surface area (Å²) in [6, 6.07) is 2.11. The first-order valence-electron chi connectivity index (χ1n) is 5.95. The Morgan fingerprint density at radius 1 is 1.80 bits per heavy atom. The number of aromatic nitrogens is 2. The molecule has 1 fully saturated rings. The van der Waals surface area contributed by atoms with Crippen molar-refractivity contribution in [3.8, 4) is 6.07 Å². The van der Waals surface area contributed by atoms with E-state index < -0.39 is 16.4 Å². The van der Waals surface area contributed by atoms with E-state index in [2.05, 4.69) is 32.4 Å². The first-order valence-corrected chi connectivity index (χ1v) is 6.74. The lowest BCUT2D eigenvalue weighted by molar-refractivity contribution is -0.390. The van der Waals surface area contributed by atoms with Gasteiger partial charge >= 0.3 is 5.82 Å². The molecule has 1 N–H and O–H groups in total. The second kappa shape index (κ2) is 5.20. The molecule has 1 aromatic rings. The fourth-order valence-corrected chi connectivity index (χ4v) is 2.41. The third-order valence-electron chi connectivity index (χ3n) is 3.20. The molecule has 0 aliphatic heterocycles. The molecule has 1 aromatic heterocycles. The summed E-state index contributed by atoms with van der Waals surface area (Å²) in [5, 5.41) is 26.2. The molecule has 20 heavy (non-hydrogen) atoms. The molecular formula is C11H12BrN5O3. The van der Waals surface area contributed by atoms with Crippen LogP contribution < -0.4 is 5.32 Å². The third kappa shape index (κ3) is 2.96. The van der Waals surface area contributed by atoms with Crippen LogP contribution in [0.25, 0.3) is 0 Å². The van der Waals surface area contributed by atoms with Gasteiger partial charge in [0.1, 0.15) is 16.6 Å². The summed E-state index contributed by atoms with van der Waals surface area (Å²) in [7, 11) is 0. The van der Waals surface area contributed by atoms with Gasteiger partial charge in [-0.05, 0) is 46.5 Å². The number of nitriles is 1. The second-order valence-electron chi connectivity index (χ2n) is 4.89. The highest BCUT2D eigenvalue weighted by Crippen LogP contribution is 2.39. The van der Waals surface area contributed by atoms with E-state index >= 15 is 0 Å². The molecule has 1 amide bonds. The zero-order valence-electron chi connectivity index (χ0n) is 10.7. The molecule has 2 rings (SSSR count). The summed E-state index contributed by atoms with van der Waals surface area (Å²) in [6.07, 6.45) is 3.20. The number of rotatable bonds is 5. The number of hydrogen-bond acceptors (Lipinski definition) is 5. The molecule has 0 aromatic carbocycles. The molecule has 1 atom stereocenters. The highest BCUT2D eigenvalue weighted by atomic mass is 79.9. The van der Waals surface area contributed by atoms with Crippen LogP contribution in [0.15, 0.2) is 10.7 Å². The predicted octanol–water partition coefficient (Wildman–Crippen LogP) is 1.36. The van der Waals surface area contributed by atoms with Gasteiger partial charge in [-0.1, -0.05) is 0 Å². The fraction of sp³-hybridized carbons (Fsp3) is 0.545. The van der Waals surface area contributed by atoms with Crippen molar-refractivity contribution in [1.82, 2.24) is 15.1 Å². The van der Waals surface area contributed by atoms with Crippen LogP contribution in [-0.2, 0) is 11.3 Å². The van der Waals surface area contributed by atoms with E-state index in [9.17, 15) is 14.9 Å². The molecule has 9 heteroatoms. The highest BCUT2D eigenvalue weighted by Gasteiger charge is 2.43. The maximum Gasteiger partial charge on any atom is 0.404 e. The van der Waals surface area contributed by atoms with Gasteiger partial charge in [-0.25, -0.2) is 0 Å². The largest absolute Gasteiger partial charge is 0.404 e.